The average molecular weight is 345 g/mol. The van der Waals surface area contributed by atoms with E-state index in [0.29, 0.717) is 25.2 Å². The number of nitrogens with zero attached hydrogens (tertiary/aromatic N) is 2. The molecule has 0 spiro atoms. The van der Waals surface area contributed by atoms with Crippen molar-refractivity contribution in [3.63, 3.8) is 0 Å². The Balaban J connectivity index is 1.51. The zero-order valence-electron chi connectivity index (χ0n) is 14.0. The van der Waals surface area contributed by atoms with E-state index in [0.717, 1.165) is 25.0 Å². The number of carboxylic acids is 1. The average Bonchev–Trinajstić information content (AvgIpc) is 3.32. The molecular formula is C17H23N5O3. The largest absolute Gasteiger partial charge is 0.481 e. The first-order valence-electron chi connectivity index (χ1n) is 8.84. The van der Waals surface area contributed by atoms with Gasteiger partial charge in [0.1, 0.15) is 0 Å². The highest BCUT2D eigenvalue weighted by atomic mass is 16.4. The third kappa shape index (κ3) is 3.24. The van der Waals surface area contributed by atoms with E-state index in [1.807, 2.05) is 6.07 Å². The molecule has 1 unspecified atom stereocenters. The molecule has 0 radical (unpaired) electrons. The zero-order chi connectivity index (χ0) is 17.4. The van der Waals surface area contributed by atoms with Crippen molar-refractivity contribution in [1.82, 2.24) is 26.3 Å². The predicted molar refractivity (Wildman–Crippen MR) is 89.5 cm³/mol. The van der Waals surface area contributed by atoms with Crippen LogP contribution in [0.15, 0.2) is 12.3 Å². The van der Waals surface area contributed by atoms with Crippen LogP contribution in [0, 0.1) is 11.8 Å². The van der Waals surface area contributed by atoms with Crippen LogP contribution in [0.4, 0.5) is 0 Å². The number of aryl methyl sites for hydroxylation is 2. The van der Waals surface area contributed by atoms with E-state index in [-0.39, 0.29) is 30.2 Å². The van der Waals surface area contributed by atoms with Crippen molar-refractivity contribution in [3.8, 4) is 0 Å². The Bertz CT molecular complexity index is 689. The Kier molecular flexibility index (Phi) is 4.41. The molecule has 0 bridgehead atoms. The van der Waals surface area contributed by atoms with Crippen LogP contribution in [0.2, 0.25) is 0 Å². The lowest BCUT2D eigenvalue weighted by molar-refractivity contribution is -0.138. The summed E-state index contributed by atoms with van der Waals surface area (Å²) in [6.07, 6.45) is 4.82. The first-order chi connectivity index (χ1) is 12.1. The molecule has 2 fully saturated rings. The molecular weight excluding hydrogens is 322 g/mol. The van der Waals surface area contributed by atoms with Crippen LogP contribution >= 0.6 is 0 Å². The number of aliphatic carboxylic acids is 1. The van der Waals surface area contributed by atoms with Gasteiger partial charge in [0, 0.05) is 37.6 Å². The number of carbonyl (C=O) groups excluding carboxylic acids is 1. The first-order valence-corrected chi connectivity index (χ1v) is 8.84. The van der Waals surface area contributed by atoms with Crippen molar-refractivity contribution >= 4 is 11.9 Å². The summed E-state index contributed by atoms with van der Waals surface area (Å²) >= 11 is 0. The molecule has 8 heteroatoms. The second-order valence-corrected chi connectivity index (χ2v) is 7.17. The van der Waals surface area contributed by atoms with Crippen LogP contribution < -0.4 is 16.4 Å². The van der Waals surface area contributed by atoms with Gasteiger partial charge in [0.2, 0.25) is 0 Å². The molecule has 1 aromatic heterocycles. The highest BCUT2D eigenvalue weighted by Gasteiger charge is 2.41. The molecule has 0 saturated carbocycles. The molecule has 0 aromatic carbocycles. The number of fused-ring (bicyclic) bond motifs is 1. The van der Waals surface area contributed by atoms with E-state index >= 15 is 0 Å². The van der Waals surface area contributed by atoms with Crippen LogP contribution in [0.1, 0.15) is 34.5 Å². The van der Waals surface area contributed by atoms with E-state index in [1.165, 1.54) is 5.56 Å². The number of pyridine rings is 1. The first kappa shape index (κ1) is 16.4. The molecule has 3 heterocycles. The number of likely N-dealkylation sites (tertiary alicyclic amines) is 1. The van der Waals surface area contributed by atoms with Gasteiger partial charge in [-0.25, -0.2) is 10.9 Å². The second-order valence-electron chi connectivity index (χ2n) is 7.17. The lowest BCUT2D eigenvalue weighted by Crippen LogP contribution is -2.41. The smallest absolute Gasteiger partial charge is 0.303 e. The van der Waals surface area contributed by atoms with Gasteiger partial charge in [-0.05, 0) is 42.7 Å². The maximum absolute atomic E-state index is 12.9. The number of carboxylic acid groups (broad SMARTS) is 1. The van der Waals surface area contributed by atoms with E-state index in [4.69, 9.17) is 0 Å². The summed E-state index contributed by atoms with van der Waals surface area (Å²) in [4.78, 5) is 30.4. The van der Waals surface area contributed by atoms with Gasteiger partial charge in [-0.15, -0.1) is 0 Å². The summed E-state index contributed by atoms with van der Waals surface area (Å²) in [5.74, 6) is -0.811. The Morgan fingerprint density at radius 3 is 2.96 bits per heavy atom. The van der Waals surface area contributed by atoms with Gasteiger partial charge in [0.25, 0.3) is 5.91 Å². The van der Waals surface area contributed by atoms with E-state index in [2.05, 4.69) is 21.4 Å². The van der Waals surface area contributed by atoms with Crippen LogP contribution in [-0.2, 0) is 17.6 Å². The lowest BCUT2D eigenvalue weighted by atomic mass is 9.87. The standard InChI is InChI=1S/C17H23N5O3/c23-16(24)5-12-8-22(9-13(12)15-7-19-21-20-15)17(25)11-4-10-2-1-3-14(10)18-6-11/h4,6,12-13,15,19-21H,1-3,5,7-9H2,(H,23,24)/t12-,13+,15?/m1/s1. The molecule has 2 aliphatic heterocycles. The van der Waals surface area contributed by atoms with Crippen molar-refractivity contribution in [2.24, 2.45) is 11.8 Å². The van der Waals surface area contributed by atoms with Crippen molar-refractivity contribution in [2.75, 3.05) is 19.6 Å². The number of rotatable bonds is 4. The minimum atomic E-state index is -0.817. The molecule has 1 amide bonds. The number of hydrogen-bond donors (Lipinski definition) is 4. The van der Waals surface area contributed by atoms with Crippen LogP contribution in [0.3, 0.4) is 0 Å². The van der Waals surface area contributed by atoms with Gasteiger partial charge < -0.3 is 10.0 Å². The molecule has 1 aliphatic carbocycles. The molecule has 3 aliphatic rings. The minimum absolute atomic E-state index is 0.0426. The summed E-state index contributed by atoms with van der Waals surface area (Å²) in [7, 11) is 0. The fourth-order valence-electron chi connectivity index (χ4n) is 4.30. The highest BCUT2D eigenvalue weighted by Crippen LogP contribution is 2.31. The highest BCUT2D eigenvalue weighted by molar-refractivity contribution is 5.94. The summed E-state index contributed by atoms with van der Waals surface area (Å²) in [6.45, 7) is 1.75. The molecule has 4 N–H and O–H groups in total. The van der Waals surface area contributed by atoms with Crippen LogP contribution in [0.25, 0.3) is 0 Å². The van der Waals surface area contributed by atoms with Gasteiger partial charge in [0.05, 0.1) is 12.0 Å². The number of amides is 1. The predicted octanol–water partition coefficient (Wildman–Crippen LogP) is -0.286. The number of carbonyl (C=O) groups is 2. The molecule has 1 aromatic rings. The van der Waals surface area contributed by atoms with Crippen molar-refractivity contribution in [2.45, 2.75) is 31.7 Å². The molecule has 3 atom stereocenters. The fourth-order valence-corrected chi connectivity index (χ4v) is 4.30. The summed E-state index contributed by atoms with van der Waals surface area (Å²) in [5, 5.41) is 9.22. The van der Waals surface area contributed by atoms with Crippen molar-refractivity contribution in [1.29, 1.82) is 0 Å². The molecule has 25 heavy (non-hydrogen) atoms. The van der Waals surface area contributed by atoms with Crippen molar-refractivity contribution < 1.29 is 14.7 Å². The summed E-state index contributed by atoms with van der Waals surface area (Å²) in [6, 6.07) is 2.08. The van der Waals surface area contributed by atoms with Crippen LogP contribution in [0.5, 0.6) is 0 Å². The van der Waals surface area contributed by atoms with E-state index in [1.54, 1.807) is 11.1 Å². The minimum Gasteiger partial charge on any atom is -0.481 e. The topological polar surface area (TPSA) is 107 Å². The molecule has 8 nitrogen and oxygen atoms in total. The Labute approximate surface area is 145 Å². The van der Waals surface area contributed by atoms with Gasteiger partial charge in [-0.2, -0.15) is 5.53 Å². The van der Waals surface area contributed by atoms with Crippen molar-refractivity contribution in [3.05, 3.63) is 29.1 Å². The fraction of sp³-hybridized carbons (Fsp3) is 0.588. The Hall–Kier alpha value is -2.03. The normalized spacial score (nSPS) is 28.3. The number of nitrogens with one attached hydrogen (secondary N) is 3. The third-order valence-electron chi connectivity index (χ3n) is 5.57. The zero-order valence-corrected chi connectivity index (χ0v) is 14.0. The number of hydrogen-bond acceptors (Lipinski definition) is 6. The number of aromatic nitrogens is 1. The Morgan fingerprint density at radius 2 is 2.20 bits per heavy atom. The maximum atomic E-state index is 12.9. The second kappa shape index (κ2) is 6.70. The summed E-state index contributed by atoms with van der Waals surface area (Å²) < 4.78 is 0. The SMILES string of the molecule is O=C(O)C[C@@H]1CN(C(=O)c2cnc3c(c2)CCC3)C[C@@H]1C1CNNN1. The molecule has 134 valence electrons. The van der Waals surface area contributed by atoms with Gasteiger partial charge >= 0.3 is 5.97 Å². The summed E-state index contributed by atoms with van der Waals surface area (Å²) in [5.41, 5.74) is 11.9. The van der Waals surface area contributed by atoms with Crippen LogP contribution in [-0.4, -0.2) is 52.5 Å². The lowest BCUT2D eigenvalue weighted by Gasteiger charge is -2.22. The van der Waals surface area contributed by atoms with Gasteiger partial charge in [-0.3, -0.25) is 14.6 Å². The van der Waals surface area contributed by atoms with Gasteiger partial charge in [-0.1, -0.05) is 0 Å². The third-order valence-corrected chi connectivity index (χ3v) is 5.57. The van der Waals surface area contributed by atoms with Gasteiger partial charge in [0.15, 0.2) is 0 Å². The van der Waals surface area contributed by atoms with E-state index < -0.39 is 5.97 Å². The monoisotopic (exact) mass is 345 g/mol. The molecule has 2 saturated heterocycles. The molecule has 4 rings (SSSR count). The quantitative estimate of drug-likeness (QED) is 0.594. The van der Waals surface area contributed by atoms with E-state index in [9.17, 15) is 14.7 Å². The number of hydrazine groups is 2. The maximum Gasteiger partial charge on any atom is 0.303 e. The Morgan fingerprint density at radius 1 is 1.32 bits per heavy atom.